The van der Waals surface area contributed by atoms with Crippen molar-refractivity contribution in [1.82, 2.24) is 0 Å². The molecule has 2 aromatic carbocycles. The van der Waals surface area contributed by atoms with Gasteiger partial charge in [-0.05, 0) is 18.1 Å². The van der Waals surface area contributed by atoms with Crippen LogP contribution >= 0.6 is 0 Å². The Kier molecular flexibility index (Phi) is 3.20. The molecule has 0 amide bonds. The molecule has 2 fully saturated rings. The van der Waals surface area contributed by atoms with Gasteiger partial charge < -0.3 is 9.47 Å². The maximum atomic E-state index is 6.71. The summed E-state index contributed by atoms with van der Waals surface area (Å²) in [6.45, 7) is 7.48. The van der Waals surface area contributed by atoms with E-state index in [1.165, 1.54) is 11.1 Å². The number of benzene rings is 2. The van der Waals surface area contributed by atoms with E-state index in [1.54, 1.807) is 0 Å². The first-order valence-corrected chi connectivity index (χ1v) is 8.47. The molecule has 0 N–H and O–H groups in total. The predicted octanol–water partition coefficient (Wildman–Crippen LogP) is 4.64. The van der Waals surface area contributed by atoms with E-state index < -0.39 is 5.60 Å². The minimum absolute atomic E-state index is 0.00241. The molecule has 0 saturated carbocycles. The van der Waals surface area contributed by atoms with E-state index in [1.807, 2.05) is 0 Å². The van der Waals surface area contributed by atoms with Crippen LogP contribution in [0.15, 0.2) is 60.7 Å². The summed E-state index contributed by atoms with van der Waals surface area (Å²) in [6.07, 6.45) is 0.894. The fourth-order valence-electron chi connectivity index (χ4n) is 5.01. The molecule has 2 heteroatoms. The molecule has 2 aliphatic heterocycles. The molecule has 23 heavy (non-hydrogen) atoms. The highest BCUT2D eigenvalue weighted by atomic mass is 16.6. The second kappa shape index (κ2) is 4.93. The van der Waals surface area contributed by atoms with Gasteiger partial charge in [0.15, 0.2) is 0 Å². The van der Waals surface area contributed by atoms with Gasteiger partial charge in [0.2, 0.25) is 0 Å². The highest BCUT2D eigenvalue weighted by Gasteiger charge is 2.71. The fourth-order valence-corrected chi connectivity index (χ4v) is 5.01. The summed E-state index contributed by atoms with van der Waals surface area (Å²) in [6, 6.07) is 21.2. The van der Waals surface area contributed by atoms with Gasteiger partial charge in [0.05, 0.1) is 12.7 Å². The average molecular weight is 308 g/mol. The van der Waals surface area contributed by atoms with Crippen LogP contribution in [0.2, 0.25) is 0 Å². The van der Waals surface area contributed by atoms with Crippen molar-refractivity contribution in [2.45, 2.75) is 44.5 Å². The number of rotatable bonds is 2. The molecule has 2 bridgehead atoms. The highest BCUT2D eigenvalue weighted by Crippen LogP contribution is 2.67. The Bertz CT molecular complexity index is 694. The second-order valence-corrected chi connectivity index (χ2v) is 7.28. The summed E-state index contributed by atoms with van der Waals surface area (Å²) in [5.74, 6) is 0. The summed E-state index contributed by atoms with van der Waals surface area (Å²) in [5, 5.41) is 0. The van der Waals surface area contributed by atoms with Gasteiger partial charge in [0.1, 0.15) is 11.2 Å². The van der Waals surface area contributed by atoms with Crippen LogP contribution in [0.1, 0.15) is 38.3 Å². The Morgan fingerprint density at radius 2 is 1.43 bits per heavy atom. The zero-order valence-corrected chi connectivity index (χ0v) is 14.1. The summed E-state index contributed by atoms with van der Waals surface area (Å²) < 4.78 is 13.2. The van der Waals surface area contributed by atoms with Crippen molar-refractivity contribution in [3.63, 3.8) is 0 Å². The minimum atomic E-state index is -0.414. The maximum Gasteiger partial charge on any atom is 0.127 e. The van der Waals surface area contributed by atoms with Gasteiger partial charge in [-0.3, -0.25) is 0 Å². The highest BCUT2D eigenvalue weighted by molar-refractivity contribution is 5.38. The number of hydrogen-bond donors (Lipinski definition) is 0. The van der Waals surface area contributed by atoms with Crippen molar-refractivity contribution < 1.29 is 9.47 Å². The first-order valence-electron chi connectivity index (χ1n) is 8.47. The Labute approximate surface area is 138 Å². The molecule has 0 radical (unpaired) electrons. The second-order valence-electron chi connectivity index (χ2n) is 7.28. The average Bonchev–Trinajstić information content (AvgIpc) is 2.69. The molecule has 120 valence electrons. The molecule has 2 aromatic rings. The lowest BCUT2D eigenvalue weighted by molar-refractivity contribution is -0.178. The summed E-state index contributed by atoms with van der Waals surface area (Å²) >= 11 is 0. The van der Waals surface area contributed by atoms with E-state index in [0.717, 1.165) is 13.0 Å². The lowest BCUT2D eigenvalue weighted by atomic mass is 9.58. The smallest absolute Gasteiger partial charge is 0.127 e. The Hall–Kier alpha value is -1.64. The molecule has 2 heterocycles. The van der Waals surface area contributed by atoms with Crippen LogP contribution in [0.3, 0.4) is 0 Å². The molecule has 3 atom stereocenters. The van der Waals surface area contributed by atoms with Gasteiger partial charge >= 0.3 is 0 Å². The normalized spacial score (nSPS) is 35.2. The largest absolute Gasteiger partial charge is 0.367 e. The SMILES string of the molecule is C[C@@H]1O[C@@]2(c3ccccc3)CCO[C@]1(c1ccccc1)C2(C)C. The molecule has 0 aliphatic carbocycles. The zero-order valence-electron chi connectivity index (χ0n) is 14.1. The summed E-state index contributed by atoms with van der Waals surface area (Å²) in [5.41, 5.74) is 1.60. The Morgan fingerprint density at radius 1 is 0.870 bits per heavy atom. The molecule has 4 rings (SSSR count). The van der Waals surface area contributed by atoms with Crippen LogP contribution in [-0.2, 0) is 20.7 Å². The summed E-state index contributed by atoms with van der Waals surface area (Å²) in [4.78, 5) is 0. The van der Waals surface area contributed by atoms with Gasteiger partial charge in [-0.25, -0.2) is 0 Å². The Morgan fingerprint density at radius 3 is 2.04 bits per heavy atom. The van der Waals surface area contributed by atoms with Crippen molar-refractivity contribution >= 4 is 0 Å². The number of ether oxygens (including phenoxy) is 2. The van der Waals surface area contributed by atoms with Crippen LogP contribution < -0.4 is 0 Å². The molecule has 0 unspecified atom stereocenters. The molecule has 2 saturated heterocycles. The van der Waals surface area contributed by atoms with Crippen molar-refractivity contribution in [2.75, 3.05) is 6.61 Å². The lowest BCUT2D eigenvalue weighted by Crippen LogP contribution is -2.56. The van der Waals surface area contributed by atoms with E-state index in [4.69, 9.17) is 9.47 Å². The molecular formula is C21H24O2. The number of fused-ring (bicyclic) bond motifs is 2. The van der Waals surface area contributed by atoms with Crippen LogP contribution in [-0.4, -0.2) is 12.7 Å². The van der Waals surface area contributed by atoms with Crippen molar-refractivity contribution in [3.05, 3.63) is 71.8 Å². The van der Waals surface area contributed by atoms with Crippen LogP contribution in [0.4, 0.5) is 0 Å². The van der Waals surface area contributed by atoms with E-state index >= 15 is 0 Å². The molecule has 0 aromatic heterocycles. The van der Waals surface area contributed by atoms with E-state index in [0.29, 0.717) is 0 Å². The third-order valence-electron chi connectivity index (χ3n) is 6.12. The Balaban J connectivity index is 1.94. The van der Waals surface area contributed by atoms with Gasteiger partial charge in [0.25, 0.3) is 0 Å². The number of hydrogen-bond acceptors (Lipinski definition) is 2. The van der Waals surface area contributed by atoms with Crippen LogP contribution in [0.5, 0.6) is 0 Å². The van der Waals surface area contributed by atoms with Gasteiger partial charge in [-0.1, -0.05) is 74.5 Å². The standard InChI is InChI=1S/C21H24O2/c1-16-21(18-12-8-5-9-13-18)19(2,3)20(23-16,14-15-22-21)17-10-6-4-7-11-17/h4-13,16H,14-15H2,1-3H3/t16-,20+,21+/m0/s1. The van der Waals surface area contributed by atoms with Crippen molar-refractivity contribution in [1.29, 1.82) is 0 Å². The van der Waals surface area contributed by atoms with Gasteiger partial charge in [-0.2, -0.15) is 0 Å². The van der Waals surface area contributed by atoms with E-state index in [-0.39, 0.29) is 17.1 Å². The molecule has 0 spiro atoms. The first-order chi connectivity index (χ1) is 11.0. The third kappa shape index (κ3) is 1.71. The molecule has 2 aliphatic rings. The summed E-state index contributed by atoms with van der Waals surface area (Å²) in [7, 11) is 0. The lowest BCUT2D eigenvalue weighted by Gasteiger charge is -2.52. The van der Waals surface area contributed by atoms with Crippen molar-refractivity contribution in [2.24, 2.45) is 5.41 Å². The predicted molar refractivity (Wildman–Crippen MR) is 91.1 cm³/mol. The van der Waals surface area contributed by atoms with E-state index in [2.05, 4.69) is 81.4 Å². The van der Waals surface area contributed by atoms with Crippen molar-refractivity contribution in [3.8, 4) is 0 Å². The zero-order chi connectivity index (χ0) is 16.1. The maximum absolute atomic E-state index is 6.71. The molecule has 2 nitrogen and oxygen atoms in total. The fraction of sp³-hybridized carbons (Fsp3) is 0.429. The van der Waals surface area contributed by atoms with Crippen LogP contribution in [0, 0.1) is 5.41 Å². The van der Waals surface area contributed by atoms with Gasteiger partial charge in [-0.15, -0.1) is 0 Å². The minimum Gasteiger partial charge on any atom is -0.367 e. The monoisotopic (exact) mass is 308 g/mol. The van der Waals surface area contributed by atoms with Gasteiger partial charge in [0, 0.05) is 11.8 Å². The topological polar surface area (TPSA) is 18.5 Å². The molecular weight excluding hydrogens is 284 g/mol. The first kappa shape index (κ1) is 14.9. The van der Waals surface area contributed by atoms with E-state index in [9.17, 15) is 0 Å². The third-order valence-corrected chi connectivity index (χ3v) is 6.12. The van der Waals surface area contributed by atoms with Crippen LogP contribution in [0.25, 0.3) is 0 Å². The quantitative estimate of drug-likeness (QED) is 0.804.